The minimum atomic E-state index is -4.65. The van der Waals surface area contributed by atoms with Gasteiger partial charge in [0, 0.05) is 41.1 Å². The molecular formula is C28H18Cl2F3N5O2. The third-order valence-electron chi connectivity index (χ3n) is 5.85. The number of phenols is 1. The molecule has 0 aliphatic rings. The molecule has 0 aliphatic heterocycles. The van der Waals surface area contributed by atoms with Crippen molar-refractivity contribution in [2.45, 2.75) is 6.18 Å². The summed E-state index contributed by atoms with van der Waals surface area (Å²) in [6.07, 6.45) is 0.512. The highest BCUT2D eigenvalue weighted by molar-refractivity contribution is 6.32. The van der Waals surface area contributed by atoms with Gasteiger partial charge in [0.2, 0.25) is 0 Å². The molecule has 0 spiro atoms. The molecule has 7 nitrogen and oxygen atoms in total. The van der Waals surface area contributed by atoms with E-state index in [1.807, 2.05) is 18.3 Å². The maximum absolute atomic E-state index is 13.1. The van der Waals surface area contributed by atoms with Crippen LogP contribution in [0.1, 0.15) is 5.56 Å². The second kappa shape index (κ2) is 10.9. The van der Waals surface area contributed by atoms with Gasteiger partial charge < -0.3 is 15.7 Å². The number of halogens is 5. The molecule has 12 heteroatoms. The SMILES string of the molecule is O=C(Nc1ccc(-n2cc(-c3ccncc3)c(-c3ccc(O)c(Cl)c3)n2)cc1)Nc1ccc(Cl)c(C(F)(F)F)c1. The summed E-state index contributed by atoms with van der Waals surface area (Å²) in [5, 5.41) is 19.3. The van der Waals surface area contributed by atoms with E-state index in [0.29, 0.717) is 22.6 Å². The highest BCUT2D eigenvalue weighted by Crippen LogP contribution is 2.37. The predicted octanol–water partition coefficient (Wildman–Crippen LogP) is 8.28. The van der Waals surface area contributed by atoms with Gasteiger partial charge in [0.1, 0.15) is 11.4 Å². The molecule has 0 fully saturated rings. The van der Waals surface area contributed by atoms with Crippen LogP contribution in [0.3, 0.4) is 0 Å². The third-order valence-corrected chi connectivity index (χ3v) is 6.48. The van der Waals surface area contributed by atoms with Gasteiger partial charge in [0.25, 0.3) is 0 Å². The first-order valence-electron chi connectivity index (χ1n) is 11.6. The minimum Gasteiger partial charge on any atom is -0.506 e. The second-order valence-corrected chi connectivity index (χ2v) is 9.37. The summed E-state index contributed by atoms with van der Waals surface area (Å²) in [7, 11) is 0. The van der Waals surface area contributed by atoms with Crippen molar-refractivity contribution in [3.05, 3.63) is 107 Å². The van der Waals surface area contributed by atoms with Gasteiger partial charge in [0.05, 0.1) is 21.3 Å². The average molecular weight is 584 g/mol. The summed E-state index contributed by atoms with van der Waals surface area (Å²) >= 11 is 11.8. The zero-order valence-electron chi connectivity index (χ0n) is 20.2. The Labute approximate surface area is 235 Å². The largest absolute Gasteiger partial charge is 0.506 e. The molecule has 2 amide bonds. The Morgan fingerprint density at radius 1 is 0.825 bits per heavy atom. The van der Waals surface area contributed by atoms with Crippen molar-refractivity contribution in [3.63, 3.8) is 0 Å². The molecule has 0 atom stereocenters. The van der Waals surface area contributed by atoms with E-state index in [1.165, 1.54) is 12.1 Å². The maximum atomic E-state index is 13.1. The molecule has 0 radical (unpaired) electrons. The Kier molecular flexibility index (Phi) is 7.38. The summed E-state index contributed by atoms with van der Waals surface area (Å²) in [5.41, 5.74) is 2.94. The maximum Gasteiger partial charge on any atom is 0.417 e. The summed E-state index contributed by atoms with van der Waals surface area (Å²) in [6, 6.07) is 17.6. The molecule has 2 aromatic heterocycles. The number of amides is 2. The molecule has 0 saturated heterocycles. The summed E-state index contributed by atoms with van der Waals surface area (Å²) in [5.74, 6) is -0.0423. The Balaban J connectivity index is 1.37. The number of carbonyl (C=O) groups is 1. The number of anilines is 2. The number of urea groups is 1. The molecule has 5 aromatic rings. The van der Waals surface area contributed by atoms with E-state index in [0.717, 1.165) is 23.3 Å². The monoisotopic (exact) mass is 583 g/mol. The third kappa shape index (κ3) is 5.88. The van der Waals surface area contributed by atoms with Gasteiger partial charge in [0.15, 0.2) is 0 Å². The number of aromatic hydroxyl groups is 1. The molecule has 3 N–H and O–H groups in total. The number of rotatable bonds is 5. The number of nitrogens with one attached hydrogen (secondary N) is 2. The van der Waals surface area contributed by atoms with Gasteiger partial charge in [-0.2, -0.15) is 18.3 Å². The Hall–Kier alpha value is -4.54. The van der Waals surface area contributed by atoms with Gasteiger partial charge in [-0.25, -0.2) is 9.48 Å². The number of benzene rings is 3. The van der Waals surface area contributed by atoms with Crippen molar-refractivity contribution >= 4 is 40.6 Å². The van der Waals surface area contributed by atoms with E-state index in [-0.39, 0.29) is 16.5 Å². The lowest BCUT2D eigenvalue weighted by atomic mass is 10.0. The number of hydrogen-bond acceptors (Lipinski definition) is 4. The zero-order valence-corrected chi connectivity index (χ0v) is 21.8. The molecule has 2 heterocycles. The summed E-state index contributed by atoms with van der Waals surface area (Å²) in [6.45, 7) is 0. The lowest BCUT2D eigenvalue weighted by Gasteiger charge is -2.12. The van der Waals surface area contributed by atoms with Crippen LogP contribution in [0, 0.1) is 0 Å². The molecule has 0 saturated carbocycles. The number of alkyl halides is 3. The standard InChI is InChI=1S/C28H18Cl2F3N5O2/c29-23-7-4-19(14-22(23)28(31,32)33)36-27(40)35-18-2-5-20(6-3-18)38-15-21(16-9-11-34-12-10-16)26(37-38)17-1-8-25(39)24(30)13-17/h1-15,39H,(H2,35,36,40). The van der Waals surface area contributed by atoms with Crippen LogP contribution in [-0.4, -0.2) is 25.9 Å². The zero-order chi connectivity index (χ0) is 28.4. The van der Waals surface area contributed by atoms with Crippen molar-refractivity contribution in [1.29, 1.82) is 0 Å². The van der Waals surface area contributed by atoms with Crippen LogP contribution in [0.2, 0.25) is 10.0 Å². The van der Waals surface area contributed by atoms with Crippen LogP contribution in [0.4, 0.5) is 29.3 Å². The van der Waals surface area contributed by atoms with Crippen LogP contribution in [-0.2, 0) is 6.18 Å². The Bertz CT molecular complexity index is 1690. The Morgan fingerprint density at radius 3 is 2.17 bits per heavy atom. The quantitative estimate of drug-likeness (QED) is 0.194. The molecule has 0 aliphatic carbocycles. The highest BCUT2D eigenvalue weighted by atomic mass is 35.5. The first-order valence-corrected chi connectivity index (χ1v) is 12.4. The van der Waals surface area contributed by atoms with E-state index in [9.17, 15) is 23.1 Å². The highest BCUT2D eigenvalue weighted by Gasteiger charge is 2.33. The van der Waals surface area contributed by atoms with Gasteiger partial charge in [-0.15, -0.1) is 0 Å². The fourth-order valence-corrected chi connectivity index (χ4v) is 4.33. The summed E-state index contributed by atoms with van der Waals surface area (Å²) < 4.78 is 41.0. The van der Waals surface area contributed by atoms with Gasteiger partial charge in [-0.3, -0.25) is 4.98 Å². The topological polar surface area (TPSA) is 92.1 Å². The number of carbonyl (C=O) groups excluding carboxylic acids is 1. The first kappa shape index (κ1) is 27.0. The number of hydrogen-bond donors (Lipinski definition) is 3. The van der Waals surface area contributed by atoms with Crippen molar-refractivity contribution in [1.82, 2.24) is 14.8 Å². The number of pyridine rings is 1. The van der Waals surface area contributed by atoms with Crippen molar-refractivity contribution in [3.8, 4) is 33.8 Å². The van der Waals surface area contributed by atoms with Crippen LogP contribution < -0.4 is 10.6 Å². The molecule has 202 valence electrons. The van der Waals surface area contributed by atoms with Crippen molar-refractivity contribution < 1.29 is 23.1 Å². The van der Waals surface area contributed by atoms with E-state index in [2.05, 4.69) is 15.6 Å². The van der Waals surface area contributed by atoms with E-state index in [4.69, 9.17) is 28.3 Å². The fourth-order valence-electron chi connectivity index (χ4n) is 3.93. The molecule has 40 heavy (non-hydrogen) atoms. The molecule has 3 aromatic carbocycles. The van der Waals surface area contributed by atoms with Crippen LogP contribution >= 0.6 is 23.2 Å². The average Bonchev–Trinajstić information content (AvgIpc) is 3.37. The summed E-state index contributed by atoms with van der Waals surface area (Å²) in [4.78, 5) is 16.5. The normalized spacial score (nSPS) is 11.3. The van der Waals surface area contributed by atoms with Crippen molar-refractivity contribution in [2.24, 2.45) is 0 Å². The van der Waals surface area contributed by atoms with Crippen LogP contribution in [0.5, 0.6) is 5.75 Å². The van der Waals surface area contributed by atoms with Gasteiger partial charge in [-0.05, 0) is 78.4 Å². The molecule has 0 bridgehead atoms. The van der Waals surface area contributed by atoms with Crippen molar-refractivity contribution in [2.75, 3.05) is 10.6 Å². The van der Waals surface area contributed by atoms with Gasteiger partial charge >= 0.3 is 12.2 Å². The smallest absolute Gasteiger partial charge is 0.417 e. The second-order valence-electron chi connectivity index (χ2n) is 8.56. The number of aromatic nitrogens is 3. The van der Waals surface area contributed by atoms with E-state index in [1.54, 1.807) is 53.5 Å². The molecular weight excluding hydrogens is 566 g/mol. The first-order chi connectivity index (χ1) is 19.1. The van der Waals surface area contributed by atoms with E-state index < -0.39 is 22.8 Å². The number of phenolic OH excluding ortho intramolecular Hbond substituents is 1. The minimum absolute atomic E-state index is 0.0423. The number of nitrogens with zero attached hydrogens (tertiary/aromatic N) is 3. The predicted molar refractivity (Wildman–Crippen MR) is 148 cm³/mol. The lowest BCUT2D eigenvalue weighted by molar-refractivity contribution is -0.137. The van der Waals surface area contributed by atoms with Gasteiger partial charge in [-0.1, -0.05) is 23.2 Å². The van der Waals surface area contributed by atoms with Crippen LogP contribution in [0.15, 0.2) is 91.4 Å². The Morgan fingerprint density at radius 2 is 1.50 bits per heavy atom. The molecule has 0 unspecified atom stereocenters. The molecule has 5 rings (SSSR count). The lowest BCUT2D eigenvalue weighted by Crippen LogP contribution is -2.20. The van der Waals surface area contributed by atoms with E-state index >= 15 is 0 Å². The fraction of sp³-hybridized carbons (Fsp3) is 0.0357. The van der Waals surface area contributed by atoms with Crippen LogP contribution in [0.25, 0.3) is 28.1 Å².